The van der Waals surface area contributed by atoms with Gasteiger partial charge in [-0.1, -0.05) is 12.1 Å². The molecule has 0 aliphatic carbocycles. The Morgan fingerprint density at radius 2 is 1.94 bits per heavy atom. The predicted molar refractivity (Wildman–Crippen MR) is 106 cm³/mol. The molecule has 164 valence electrons. The van der Waals surface area contributed by atoms with Gasteiger partial charge >= 0.3 is 0 Å². The van der Waals surface area contributed by atoms with Crippen molar-refractivity contribution in [3.05, 3.63) is 34.9 Å². The number of nitrogens with zero attached hydrogens (tertiary/aromatic N) is 1. The van der Waals surface area contributed by atoms with Crippen molar-refractivity contribution in [1.29, 1.82) is 0 Å². The van der Waals surface area contributed by atoms with E-state index in [9.17, 15) is 19.2 Å². The Morgan fingerprint density at radius 1 is 1.10 bits per heavy atom. The number of hydrogen-bond donors (Lipinski definition) is 3. The smallest absolute Gasteiger partial charge is 0.262 e. The van der Waals surface area contributed by atoms with Crippen LogP contribution in [-0.2, 0) is 25.6 Å². The minimum absolute atomic E-state index is 0.0581. The first-order valence-electron chi connectivity index (χ1n) is 10.5. The van der Waals surface area contributed by atoms with Crippen LogP contribution < -0.4 is 16.0 Å². The average molecular weight is 428 g/mol. The molecule has 4 aliphatic heterocycles. The highest BCUT2D eigenvalue weighted by Crippen LogP contribution is 2.30. The number of carbonyl (C=O) groups excluding carboxylic acids is 4. The lowest BCUT2D eigenvalue weighted by atomic mass is 10.0. The fourth-order valence-electron chi connectivity index (χ4n) is 4.66. The maximum Gasteiger partial charge on any atom is 0.262 e. The maximum absolute atomic E-state index is 13.1. The summed E-state index contributed by atoms with van der Waals surface area (Å²) < 4.78 is 11.9. The van der Waals surface area contributed by atoms with E-state index < -0.39 is 29.7 Å². The Balaban J connectivity index is 1.26. The highest BCUT2D eigenvalue weighted by molar-refractivity contribution is 6.24. The normalized spacial score (nSPS) is 30.4. The van der Waals surface area contributed by atoms with Gasteiger partial charge in [0.25, 0.3) is 11.8 Å². The van der Waals surface area contributed by atoms with Crippen molar-refractivity contribution in [1.82, 2.24) is 20.9 Å². The molecule has 10 heteroatoms. The topological polar surface area (TPSA) is 126 Å². The van der Waals surface area contributed by atoms with Crippen LogP contribution in [0.25, 0.3) is 0 Å². The van der Waals surface area contributed by atoms with Gasteiger partial charge in [-0.3, -0.25) is 29.4 Å². The van der Waals surface area contributed by atoms with Gasteiger partial charge in [-0.2, -0.15) is 0 Å². The molecule has 3 fully saturated rings. The number of benzene rings is 1. The molecule has 4 amide bonds. The molecular weight excluding hydrogens is 404 g/mol. The van der Waals surface area contributed by atoms with Gasteiger partial charge in [0, 0.05) is 32.6 Å². The summed E-state index contributed by atoms with van der Waals surface area (Å²) in [6.45, 7) is 3.01. The third kappa shape index (κ3) is 3.65. The van der Waals surface area contributed by atoms with Crippen LogP contribution >= 0.6 is 0 Å². The third-order valence-electron chi connectivity index (χ3n) is 6.21. The number of nitrogens with one attached hydrogen (secondary N) is 3. The number of hydrogen-bond acceptors (Lipinski definition) is 8. The van der Waals surface area contributed by atoms with Crippen LogP contribution in [0, 0.1) is 0 Å². The molecule has 4 atom stereocenters. The Labute approximate surface area is 178 Å². The molecule has 0 saturated carbocycles. The minimum atomic E-state index is -0.966. The highest BCUT2D eigenvalue weighted by atomic mass is 16.6. The van der Waals surface area contributed by atoms with Gasteiger partial charge < -0.3 is 20.1 Å². The maximum atomic E-state index is 13.1. The number of piperidine rings is 1. The molecule has 4 heterocycles. The van der Waals surface area contributed by atoms with Gasteiger partial charge in [0.2, 0.25) is 11.8 Å². The number of ether oxygens (including phenoxy) is 2. The van der Waals surface area contributed by atoms with E-state index >= 15 is 0 Å². The molecule has 4 aliphatic rings. The van der Waals surface area contributed by atoms with Crippen molar-refractivity contribution >= 4 is 23.6 Å². The second-order valence-corrected chi connectivity index (χ2v) is 8.24. The van der Waals surface area contributed by atoms with E-state index in [-0.39, 0.29) is 36.7 Å². The fourth-order valence-corrected chi connectivity index (χ4v) is 4.66. The molecule has 10 nitrogen and oxygen atoms in total. The first-order valence-corrected chi connectivity index (χ1v) is 10.5. The van der Waals surface area contributed by atoms with E-state index in [2.05, 4.69) is 16.0 Å². The fraction of sp³-hybridized carbons (Fsp3) is 0.524. The Hall–Kier alpha value is -2.66. The molecule has 0 spiro atoms. The van der Waals surface area contributed by atoms with Crippen molar-refractivity contribution in [3.8, 4) is 0 Å². The monoisotopic (exact) mass is 428 g/mol. The van der Waals surface area contributed by atoms with Gasteiger partial charge in [-0.25, -0.2) is 0 Å². The highest BCUT2D eigenvalue weighted by Gasteiger charge is 2.45. The van der Waals surface area contributed by atoms with Crippen LogP contribution in [0.3, 0.4) is 0 Å². The van der Waals surface area contributed by atoms with Crippen LogP contribution in [0.1, 0.15) is 39.1 Å². The predicted octanol–water partition coefficient (Wildman–Crippen LogP) is -1.07. The number of fused-ring (bicyclic) bond motifs is 2. The Bertz CT molecular complexity index is 950. The lowest BCUT2D eigenvalue weighted by Crippen LogP contribution is -2.54. The molecule has 4 unspecified atom stereocenters. The van der Waals surface area contributed by atoms with Gasteiger partial charge in [0.15, 0.2) is 0 Å². The summed E-state index contributed by atoms with van der Waals surface area (Å²) in [6, 6.07) is 4.15. The van der Waals surface area contributed by atoms with Crippen LogP contribution in [0.5, 0.6) is 0 Å². The summed E-state index contributed by atoms with van der Waals surface area (Å²) in [5.74, 6) is -2.00. The van der Waals surface area contributed by atoms with E-state index in [1.807, 2.05) is 0 Å². The summed E-state index contributed by atoms with van der Waals surface area (Å²) in [5.41, 5.74) is 1.28. The van der Waals surface area contributed by atoms with Crippen molar-refractivity contribution in [3.63, 3.8) is 0 Å². The summed E-state index contributed by atoms with van der Waals surface area (Å²) in [5, 5.41) is 8.75. The van der Waals surface area contributed by atoms with Gasteiger partial charge in [-0.15, -0.1) is 0 Å². The van der Waals surface area contributed by atoms with E-state index in [4.69, 9.17) is 9.47 Å². The van der Waals surface area contributed by atoms with Crippen molar-refractivity contribution in [2.75, 3.05) is 26.2 Å². The summed E-state index contributed by atoms with van der Waals surface area (Å²) in [4.78, 5) is 50.6. The third-order valence-corrected chi connectivity index (χ3v) is 6.21. The molecule has 3 N–H and O–H groups in total. The molecule has 1 aromatic carbocycles. The molecule has 0 bridgehead atoms. The Kier molecular flexibility index (Phi) is 5.30. The Morgan fingerprint density at radius 3 is 2.77 bits per heavy atom. The minimum Gasteiger partial charge on any atom is -0.371 e. The number of rotatable bonds is 5. The largest absolute Gasteiger partial charge is 0.371 e. The standard InChI is InChI=1S/C21H24N4O6/c26-17-5-4-14(19(27)24-17)25-20(28)13-3-1-2-11(18(13)21(25)29)6-22-7-12-10-30-15-8-23-9-16(15)31-12/h1-3,12,14-16,22-23H,4-10H2,(H,24,26,27). The summed E-state index contributed by atoms with van der Waals surface area (Å²) in [6.07, 6.45) is 0.312. The molecule has 0 radical (unpaired) electrons. The lowest BCUT2D eigenvalue weighted by Gasteiger charge is -2.32. The zero-order valence-corrected chi connectivity index (χ0v) is 16.9. The first kappa shape index (κ1) is 20.3. The van der Waals surface area contributed by atoms with E-state index in [1.54, 1.807) is 18.2 Å². The summed E-state index contributed by atoms with van der Waals surface area (Å²) in [7, 11) is 0. The molecule has 0 aromatic heterocycles. The molecule has 1 aromatic rings. The summed E-state index contributed by atoms with van der Waals surface area (Å²) >= 11 is 0. The number of carbonyl (C=O) groups is 4. The van der Waals surface area contributed by atoms with Crippen LogP contribution in [0.15, 0.2) is 18.2 Å². The van der Waals surface area contributed by atoms with Crippen LogP contribution in [0.2, 0.25) is 0 Å². The van der Waals surface area contributed by atoms with Crippen molar-refractivity contribution < 1.29 is 28.7 Å². The quantitative estimate of drug-likeness (QED) is 0.507. The number of imide groups is 2. The van der Waals surface area contributed by atoms with E-state index in [1.165, 1.54) is 0 Å². The zero-order valence-electron chi connectivity index (χ0n) is 16.9. The van der Waals surface area contributed by atoms with Crippen molar-refractivity contribution in [2.24, 2.45) is 0 Å². The first-order chi connectivity index (χ1) is 15.0. The SMILES string of the molecule is O=C1CCC(N2C(=O)c3cccc(CNCC4COC5CNCC5O4)c3C2=O)C(=O)N1. The second-order valence-electron chi connectivity index (χ2n) is 8.24. The lowest BCUT2D eigenvalue weighted by molar-refractivity contribution is -0.158. The number of amides is 4. The second kappa shape index (κ2) is 8.12. The van der Waals surface area contributed by atoms with E-state index in [0.717, 1.165) is 18.0 Å². The molecule has 3 saturated heterocycles. The van der Waals surface area contributed by atoms with Crippen LogP contribution in [-0.4, -0.2) is 79.1 Å². The van der Waals surface area contributed by atoms with Gasteiger partial charge in [0.1, 0.15) is 6.04 Å². The van der Waals surface area contributed by atoms with E-state index in [0.29, 0.717) is 30.8 Å². The molecular formula is C21H24N4O6. The zero-order chi connectivity index (χ0) is 21.5. The molecule has 31 heavy (non-hydrogen) atoms. The van der Waals surface area contributed by atoms with Gasteiger partial charge in [-0.05, 0) is 18.1 Å². The average Bonchev–Trinajstić information content (AvgIpc) is 3.32. The van der Waals surface area contributed by atoms with Crippen molar-refractivity contribution in [2.45, 2.75) is 43.7 Å². The molecule has 5 rings (SSSR count). The van der Waals surface area contributed by atoms with Crippen LogP contribution in [0.4, 0.5) is 0 Å². The van der Waals surface area contributed by atoms with Gasteiger partial charge in [0.05, 0.1) is 36.0 Å².